The topological polar surface area (TPSA) is 358 Å². The molecule has 0 saturated carbocycles. The molecule has 0 radical (unpaired) electrons. The summed E-state index contributed by atoms with van der Waals surface area (Å²) in [5, 5.41) is 94.9. The summed E-state index contributed by atoms with van der Waals surface area (Å²) >= 11 is 0. The number of rotatable bonds is 18. The summed E-state index contributed by atoms with van der Waals surface area (Å²) in [4.78, 5) is 74.8. The molecule has 3 aromatic heterocycles. The fourth-order valence-electron chi connectivity index (χ4n) is 14.0. The van der Waals surface area contributed by atoms with Crippen molar-refractivity contribution >= 4 is 100 Å². The minimum atomic E-state index is -2.01. The van der Waals surface area contributed by atoms with E-state index in [2.05, 4.69) is 14.7 Å². The highest BCUT2D eigenvalue weighted by Gasteiger charge is 2.31. The number of hydrogen-bond donors (Lipinski definition) is 9. The Morgan fingerprint density at radius 1 is 0.333 bits per heavy atom. The lowest BCUT2D eigenvalue weighted by Gasteiger charge is -2.36. The molecule has 3 aliphatic rings. The number of phenolic OH excluding ortho intramolecular Hbond substituents is 3. The standard InChI is InChI=1S/3C28H30N4O5/c3*1-3-17(2)37-28-29-24-15-19(23-16-20(33)14-18-6-4-5-7-21(18)23)8-9-22(24)25(30-28)31-10-12-32(13-11-31)26(34)27(35)36/h3*4-9,14-17,27,33,35-36H,3,10-13H2,1-2H3/t2*17-;/m11./s1. The third kappa shape index (κ3) is 17.4. The summed E-state index contributed by atoms with van der Waals surface area (Å²) < 4.78 is 18.0. The van der Waals surface area contributed by atoms with Crippen molar-refractivity contribution in [3.63, 3.8) is 0 Å². The molecule has 9 aromatic carbocycles. The number of amides is 3. The minimum Gasteiger partial charge on any atom is -0.508 e. The van der Waals surface area contributed by atoms with Crippen LogP contribution in [0.2, 0.25) is 0 Å². The molecule has 27 nitrogen and oxygen atoms in total. The number of aliphatic hydroxyl groups is 6. The van der Waals surface area contributed by atoms with E-state index in [1.165, 1.54) is 14.7 Å². The van der Waals surface area contributed by atoms with E-state index >= 15 is 0 Å². The van der Waals surface area contributed by atoms with Gasteiger partial charge in [0.05, 0.1) is 34.9 Å². The largest absolute Gasteiger partial charge is 0.508 e. The lowest BCUT2D eigenvalue weighted by Crippen LogP contribution is -2.51. The zero-order chi connectivity index (χ0) is 78.3. The quantitative estimate of drug-likeness (QED) is 0.0361. The molecule has 3 atom stereocenters. The lowest BCUT2D eigenvalue weighted by atomic mass is 9.97. The molecule has 3 fully saturated rings. The highest BCUT2D eigenvalue weighted by atomic mass is 16.5. The van der Waals surface area contributed by atoms with Crippen molar-refractivity contribution in [2.45, 2.75) is 98.0 Å². The smallest absolute Gasteiger partial charge is 0.319 e. The number of carbonyl (C=O) groups is 3. The van der Waals surface area contributed by atoms with Crippen molar-refractivity contribution in [2.24, 2.45) is 0 Å². The van der Waals surface area contributed by atoms with Crippen molar-refractivity contribution in [1.29, 1.82) is 0 Å². The summed E-state index contributed by atoms with van der Waals surface area (Å²) in [6.07, 6.45) is -3.81. The SMILES string of the molecule is CCC(C)Oc1nc(N2CCN(C(=O)C(O)O)CC2)c2ccc(-c3cc(O)cc4ccccc34)cc2n1.CC[C@@H](C)Oc1nc(N2CCN(C(=O)C(O)O)CC2)c2ccc(-c3cc(O)cc4ccccc34)cc2n1.CC[C@@H](C)Oc1nc(N2CCN(C(=O)C(O)O)CC2)c2ccc(-c3cc(O)cc4ccccc34)cc2n1. The van der Waals surface area contributed by atoms with E-state index in [4.69, 9.17) is 44.1 Å². The van der Waals surface area contributed by atoms with E-state index in [0.717, 1.165) is 101 Å². The van der Waals surface area contributed by atoms with Gasteiger partial charge in [0.25, 0.3) is 17.7 Å². The van der Waals surface area contributed by atoms with E-state index in [1.54, 1.807) is 36.4 Å². The van der Waals surface area contributed by atoms with Gasteiger partial charge >= 0.3 is 18.0 Å². The van der Waals surface area contributed by atoms with Crippen LogP contribution in [-0.4, -0.2) is 224 Å². The number of fused-ring (bicyclic) bond motifs is 6. The number of aromatic nitrogens is 6. The average molecular weight is 1510 g/mol. The van der Waals surface area contributed by atoms with Gasteiger partial charge in [0.2, 0.25) is 18.9 Å². The van der Waals surface area contributed by atoms with Gasteiger partial charge in [0.15, 0.2) is 0 Å². The van der Waals surface area contributed by atoms with Crippen LogP contribution in [-0.2, 0) is 14.4 Å². The van der Waals surface area contributed by atoms with Gasteiger partial charge in [0.1, 0.15) is 34.7 Å². The molecule has 27 heteroatoms. The maximum atomic E-state index is 12.0. The van der Waals surface area contributed by atoms with Crippen LogP contribution in [0.15, 0.2) is 164 Å². The van der Waals surface area contributed by atoms with Gasteiger partial charge in [-0.05, 0) is 179 Å². The maximum absolute atomic E-state index is 12.0. The Labute approximate surface area is 640 Å². The van der Waals surface area contributed by atoms with Crippen molar-refractivity contribution in [3.05, 3.63) is 164 Å². The normalized spacial score (nSPS) is 14.9. The van der Waals surface area contributed by atoms with Crippen LogP contribution in [0.5, 0.6) is 35.3 Å². The Morgan fingerprint density at radius 2 is 0.586 bits per heavy atom. The Balaban J connectivity index is 0.000000146. The molecule has 0 spiro atoms. The molecule has 3 saturated heterocycles. The first kappa shape index (κ1) is 77.3. The van der Waals surface area contributed by atoms with Gasteiger partial charge in [0, 0.05) is 94.7 Å². The fraction of sp³-hybridized carbons (Fsp3) is 0.321. The van der Waals surface area contributed by atoms with E-state index in [-0.39, 0.29) is 53.6 Å². The number of phenols is 3. The molecule has 12 aromatic rings. The fourth-order valence-corrected chi connectivity index (χ4v) is 14.0. The Bertz CT molecular complexity index is 4870. The molecule has 3 amide bonds. The Morgan fingerprint density at radius 3 is 0.829 bits per heavy atom. The van der Waals surface area contributed by atoms with Gasteiger partial charge in [-0.25, -0.2) is 0 Å². The highest BCUT2D eigenvalue weighted by Crippen LogP contribution is 2.41. The predicted molar refractivity (Wildman–Crippen MR) is 425 cm³/mol. The van der Waals surface area contributed by atoms with Crippen LogP contribution in [0.4, 0.5) is 17.5 Å². The van der Waals surface area contributed by atoms with Gasteiger partial charge in [-0.15, -0.1) is 0 Å². The second-order valence-electron chi connectivity index (χ2n) is 27.9. The first-order valence-electron chi connectivity index (χ1n) is 37.3. The van der Waals surface area contributed by atoms with Crippen molar-refractivity contribution in [1.82, 2.24) is 44.6 Å². The van der Waals surface area contributed by atoms with Crippen LogP contribution in [0.3, 0.4) is 0 Å². The Hall–Kier alpha value is -11.9. The van der Waals surface area contributed by atoms with Gasteiger partial charge in [-0.3, -0.25) is 14.4 Å². The molecule has 9 N–H and O–H groups in total. The van der Waals surface area contributed by atoms with E-state index < -0.39 is 36.6 Å². The average Bonchev–Trinajstić information content (AvgIpc) is 0.775. The van der Waals surface area contributed by atoms with E-state index in [9.17, 15) is 60.3 Å². The second-order valence-corrected chi connectivity index (χ2v) is 27.9. The number of piperazine rings is 3. The number of aliphatic hydroxyl groups excluding tert-OH is 3. The van der Waals surface area contributed by atoms with Crippen LogP contribution in [0.25, 0.3) is 98.4 Å². The van der Waals surface area contributed by atoms with E-state index in [0.29, 0.717) is 113 Å². The van der Waals surface area contributed by atoms with Crippen LogP contribution in [0, 0.1) is 0 Å². The number of anilines is 3. The molecular formula is C84H90N12O15. The molecular weight excluding hydrogens is 1420 g/mol. The maximum Gasteiger partial charge on any atom is 0.319 e. The summed E-state index contributed by atoms with van der Waals surface area (Å²) in [7, 11) is 0. The molecule has 0 bridgehead atoms. The number of ether oxygens (including phenoxy) is 3. The van der Waals surface area contributed by atoms with Crippen molar-refractivity contribution in [3.8, 4) is 68.7 Å². The number of aromatic hydroxyl groups is 3. The zero-order valence-electron chi connectivity index (χ0n) is 62.5. The minimum absolute atomic E-state index is 0.0657. The highest BCUT2D eigenvalue weighted by molar-refractivity contribution is 6.04. The molecule has 0 aliphatic carbocycles. The number of carbonyl (C=O) groups excluding carboxylic acids is 3. The summed E-state index contributed by atoms with van der Waals surface area (Å²) in [5.41, 5.74) is 7.54. The first-order valence-corrected chi connectivity index (χ1v) is 37.3. The van der Waals surface area contributed by atoms with Crippen LogP contribution in [0.1, 0.15) is 60.8 Å². The van der Waals surface area contributed by atoms with Crippen LogP contribution < -0.4 is 28.9 Å². The summed E-state index contributed by atoms with van der Waals surface area (Å²) in [6.45, 7) is 16.9. The van der Waals surface area contributed by atoms with Gasteiger partial charge < -0.3 is 89.6 Å². The molecule has 3 aliphatic heterocycles. The lowest BCUT2D eigenvalue weighted by molar-refractivity contribution is -0.159. The number of benzene rings is 9. The first-order chi connectivity index (χ1) is 53.5. The van der Waals surface area contributed by atoms with Crippen molar-refractivity contribution < 1.29 is 74.6 Å². The summed E-state index contributed by atoms with van der Waals surface area (Å²) in [5.74, 6) is 0.588. The van der Waals surface area contributed by atoms with E-state index in [1.807, 2.05) is 169 Å². The van der Waals surface area contributed by atoms with Gasteiger partial charge in [-0.2, -0.15) is 29.9 Å². The van der Waals surface area contributed by atoms with Crippen molar-refractivity contribution in [2.75, 3.05) is 93.2 Å². The zero-order valence-corrected chi connectivity index (χ0v) is 62.5. The molecule has 15 rings (SSSR count). The predicted octanol–water partition coefficient (Wildman–Crippen LogP) is 9.88. The number of hydrogen-bond acceptors (Lipinski definition) is 24. The van der Waals surface area contributed by atoms with Gasteiger partial charge in [-0.1, -0.05) is 112 Å². The van der Waals surface area contributed by atoms with Crippen LogP contribution >= 0.6 is 0 Å². The third-order valence-corrected chi connectivity index (χ3v) is 20.4. The molecule has 111 heavy (non-hydrogen) atoms. The Kier molecular flexibility index (Phi) is 23.7. The molecule has 6 heterocycles. The molecule has 576 valence electrons. The monoisotopic (exact) mass is 1510 g/mol. The number of nitrogens with zero attached hydrogens (tertiary/aromatic N) is 12. The third-order valence-electron chi connectivity index (χ3n) is 20.4. The molecule has 1 unspecified atom stereocenters. The second kappa shape index (κ2) is 34.0. The summed E-state index contributed by atoms with van der Waals surface area (Å²) in [6, 6.07) is 52.9.